The molecule has 0 aliphatic carbocycles. The molecule has 4 heteroatoms. The molecule has 76 valence electrons. The zero-order chi connectivity index (χ0) is 9.78. The van der Waals surface area contributed by atoms with Gasteiger partial charge in [-0.2, -0.15) is 23.5 Å². The predicted octanol–water partition coefficient (Wildman–Crippen LogP) is 2.02. The Labute approximate surface area is 88.2 Å². The molecule has 0 fully saturated rings. The maximum atomic E-state index is 9.96. The summed E-state index contributed by atoms with van der Waals surface area (Å²) < 4.78 is 0. The van der Waals surface area contributed by atoms with Crippen LogP contribution in [0.25, 0.3) is 0 Å². The quantitative estimate of drug-likeness (QED) is 0.417. The van der Waals surface area contributed by atoms with Gasteiger partial charge in [-0.05, 0) is 29.4 Å². The van der Waals surface area contributed by atoms with Crippen LogP contribution in [0.1, 0.15) is 19.3 Å². The van der Waals surface area contributed by atoms with E-state index in [-0.39, 0.29) is 0 Å². The van der Waals surface area contributed by atoms with E-state index in [1.807, 2.05) is 23.5 Å². The van der Waals surface area contributed by atoms with Gasteiger partial charge in [0.1, 0.15) is 12.6 Å². The molecule has 0 aliphatic heterocycles. The number of rotatable bonds is 10. The van der Waals surface area contributed by atoms with Gasteiger partial charge in [0.15, 0.2) is 0 Å². The van der Waals surface area contributed by atoms with Crippen LogP contribution in [0.15, 0.2) is 0 Å². The van der Waals surface area contributed by atoms with Gasteiger partial charge in [-0.25, -0.2) is 0 Å². The molecule has 0 saturated carbocycles. The van der Waals surface area contributed by atoms with Crippen molar-refractivity contribution in [3.05, 3.63) is 0 Å². The number of carbonyl (C=O) groups is 2. The number of hydrogen-bond acceptors (Lipinski definition) is 4. The van der Waals surface area contributed by atoms with Crippen LogP contribution in [-0.2, 0) is 9.59 Å². The Balaban J connectivity index is 2.83. The maximum Gasteiger partial charge on any atom is 0.120 e. The minimum Gasteiger partial charge on any atom is -0.303 e. The molecule has 0 aliphatic rings. The van der Waals surface area contributed by atoms with E-state index in [9.17, 15) is 9.59 Å². The van der Waals surface area contributed by atoms with E-state index in [4.69, 9.17) is 0 Å². The SMILES string of the molecule is O=CCCSCCCSCCC=O. The van der Waals surface area contributed by atoms with Crippen molar-refractivity contribution in [1.82, 2.24) is 0 Å². The molecule has 0 aromatic carbocycles. The summed E-state index contributed by atoms with van der Waals surface area (Å²) in [5, 5.41) is 0. The molecule has 0 saturated heterocycles. The van der Waals surface area contributed by atoms with Gasteiger partial charge in [-0.3, -0.25) is 0 Å². The average Bonchev–Trinajstić information content (AvgIpc) is 2.16. The van der Waals surface area contributed by atoms with Crippen molar-refractivity contribution in [2.45, 2.75) is 19.3 Å². The zero-order valence-electron chi connectivity index (χ0n) is 7.74. The minimum absolute atomic E-state index is 0.670. The summed E-state index contributed by atoms with van der Waals surface area (Å²) in [7, 11) is 0. The third kappa shape index (κ3) is 12.0. The second-order valence-electron chi connectivity index (χ2n) is 2.49. The fourth-order valence-electron chi connectivity index (χ4n) is 0.730. The van der Waals surface area contributed by atoms with Gasteiger partial charge in [0.25, 0.3) is 0 Å². The van der Waals surface area contributed by atoms with Gasteiger partial charge in [0, 0.05) is 12.8 Å². The zero-order valence-corrected chi connectivity index (χ0v) is 9.37. The van der Waals surface area contributed by atoms with Crippen LogP contribution in [0.3, 0.4) is 0 Å². The maximum absolute atomic E-state index is 9.96. The highest BCUT2D eigenvalue weighted by atomic mass is 32.2. The number of thioether (sulfide) groups is 2. The number of aldehydes is 2. The van der Waals surface area contributed by atoms with Crippen LogP contribution in [-0.4, -0.2) is 35.6 Å². The summed E-state index contributed by atoms with van der Waals surface area (Å²) in [6.45, 7) is 0. The predicted molar refractivity (Wildman–Crippen MR) is 60.6 cm³/mol. The van der Waals surface area contributed by atoms with Gasteiger partial charge < -0.3 is 9.59 Å². The van der Waals surface area contributed by atoms with Crippen LogP contribution in [0, 0.1) is 0 Å². The number of carbonyl (C=O) groups excluding carboxylic acids is 2. The molecule has 0 heterocycles. The molecule has 0 unspecified atom stereocenters. The summed E-state index contributed by atoms with van der Waals surface area (Å²) >= 11 is 3.65. The molecule has 0 atom stereocenters. The Morgan fingerprint density at radius 1 is 0.769 bits per heavy atom. The van der Waals surface area contributed by atoms with E-state index in [1.165, 1.54) is 6.42 Å². The summed E-state index contributed by atoms with van der Waals surface area (Å²) in [6, 6.07) is 0. The average molecular weight is 220 g/mol. The molecular formula is C9H16O2S2. The van der Waals surface area contributed by atoms with Crippen molar-refractivity contribution in [2.24, 2.45) is 0 Å². The van der Waals surface area contributed by atoms with E-state index in [1.54, 1.807) is 0 Å². The van der Waals surface area contributed by atoms with E-state index in [0.717, 1.165) is 35.6 Å². The Hall–Kier alpha value is 0.0400. The largest absolute Gasteiger partial charge is 0.303 e. The lowest BCUT2D eigenvalue weighted by atomic mass is 10.6. The van der Waals surface area contributed by atoms with Crippen molar-refractivity contribution in [1.29, 1.82) is 0 Å². The van der Waals surface area contributed by atoms with Gasteiger partial charge in [0.2, 0.25) is 0 Å². The van der Waals surface area contributed by atoms with Crippen LogP contribution in [0.5, 0.6) is 0 Å². The molecule has 0 spiro atoms. The van der Waals surface area contributed by atoms with Crippen LogP contribution in [0.2, 0.25) is 0 Å². The third-order valence-corrected chi connectivity index (χ3v) is 3.54. The van der Waals surface area contributed by atoms with Crippen molar-refractivity contribution in [3.8, 4) is 0 Å². The van der Waals surface area contributed by atoms with Crippen LogP contribution < -0.4 is 0 Å². The van der Waals surface area contributed by atoms with E-state index < -0.39 is 0 Å². The normalized spacial score (nSPS) is 9.85. The van der Waals surface area contributed by atoms with Crippen molar-refractivity contribution >= 4 is 36.1 Å². The first-order chi connectivity index (χ1) is 6.41. The van der Waals surface area contributed by atoms with Crippen molar-refractivity contribution in [2.75, 3.05) is 23.0 Å². The number of hydrogen-bond donors (Lipinski definition) is 0. The molecule has 0 amide bonds. The highest BCUT2D eigenvalue weighted by Gasteiger charge is 1.91. The van der Waals surface area contributed by atoms with Crippen LogP contribution in [0.4, 0.5) is 0 Å². The Kier molecular flexibility index (Phi) is 12.1. The molecule has 0 aromatic heterocycles. The summed E-state index contributed by atoms with van der Waals surface area (Å²) in [5.74, 6) is 4.15. The van der Waals surface area contributed by atoms with E-state index in [2.05, 4.69) is 0 Å². The fourth-order valence-corrected chi connectivity index (χ4v) is 2.54. The summed E-state index contributed by atoms with van der Waals surface area (Å²) in [5.41, 5.74) is 0. The molecule has 0 rings (SSSR count). The Morgan fingerprint density at radius 2 is 1.23 bits per heavy atom. The lowest BCUT2D eigenvalue weighted by molar-refractivity contribution is -0.108. The van der Waals surface area contributed by atoms with Gasteiger partial charge >= 0.3 is 0 Å². The first-order valence-electron chi connectivity index (χ1n) is 4.44. The van der Waals surface area contributed by atoms with Crippen molar-refractivity contribution in [3.63, 3.8) is 0 Å². The minimum atomic E-state index is 0.670. The third-order valence-electron chi connectivity index (χ3n) is 1.34. The standard InChI is InChI=1S/C9H16O2S2/c10-4-1-6-12-8-3-9-13-7-2-5-11/h4-5H,1-3,6-9H2. The molecule has 0 aromatic rings. The molecule has 13 heavy (non-hydrogen) atoms. The second kappa shape index (κ2) is 12.0. The van der Waals surface area contributed by atoms with Gasteiger partial charge in [-0.1, -0.05) is 0 Å². The molecular weight excluding hydrogens is 204 g/mol. The fraction of sp³-hybridized carbons (Fsp3) is 0.778. The lowest BCUT2D eigenvalue weighted by Gasteiger charge is -1.98. The Morgan fingerprint density at radius 3 is 1.62 bits per heavy atom. The topological polar surface area (TPSA) is 34.1 Å². The molecule has 0 radical (unpaired) electrons. The highest BCUT2D eigenvalue weighted by Crippen LogP contribution is 2.08. The highest BCUT2D eigenvalue weighted by molar-refractivity contribution is 8.00. The van der Waals surface area contributed by atoms with Gasteiger partial charge in [-0.15, -0.1) is 0 Å². The monoisotopic (exact) mass is 220 g/mol. The molecule has 0 N–H and O–H groups in total. The molecule has 0 bridgehead atoms. The summed E-state index contributed by atoms with van der Waals surface area (Å²) in [6.07, 6.45) is 4.44. The van der Waals surface area contributed by atoms with Crippen LogP contribution >= 0.6 is 23.5 Å². The first-order valence-corrected chi connectivity index (χ1v) is 6.75. The van der Waals surface area contributed by atoms with E-state index >= 15 is 0 Å². The van der Waals surface area contributed by atoms with Gasteiger partial charge in [0.05, 0.1) is 0 Å². The first kappa shape index (κ1) is 13.0. The van der Waals surface area contributed by atoms with E-state index in [0.29, 0.717) is 12.8 Å². The Bertz CT molecular complexity index is 115. The summed E-state index contributed by atoms with van der Waals surface area (Å²) in [4.78, 5) is 19.9. The van der Waals surface area contributed by atoms with Crippen molar-refractivity contribution < 1.29 is 9.59 Å². The molecule has 2 nitrogen and oxygen atoms in total. The smallest absolute Gasteiger partial charge is 0.120 e. The second-order valence-corrected chi connectivity index (χ2v) is 4.94. The lowest BCUT2D eigenvalue weighted by Crippen LogP contribution is -1.89.